The monoisotopic (exact) mass is 290 g/mol. The molecule has 0 radical (unpaired) electrons. The number of likely N-dealkylation sites (tertiary alicyclic amines) is 1. The molecule has 1 fully saturated rings. The molecule has 104 valence electrons. The van der Waals surface area contributed by atoms with Crippen LogP contribution in [0, 0.1) is 0 Å². The van der Waals surface area contributed by atoms with Gasteiger partial charge in [0.2, 0.25) is 5.91 Å². The van der Waals surface area contributed by atoms with E-state index >= 15 is 0 Å². The Bertz CT molecular complexity index is 313. The molecule has 4 nitrogen and oxygen atoms in total. The Morgan fingerprint density at radius 3 is 2.44 bits per heavy atom. The number of thioether (sulfide) groups is 1. The minimum Gasteiger partial charge on any atom is -0.392 e. The zero-order valence-corrected chi connectivity index (χ0v) is 12.9. The molecule has 1 heterocycles. The largest absolute Gasteiger partial charge is 0.392 e. The molecule has 1 saturated heterocycles. The number of amides is 1. The average Bonchev–Trinajstić information content (AvgIpc) is 2.35. The molecule has 2 N–H and O–H groups in total. The van der Waals surface area contributed by atoms with Gasteiger partial charge in [-0.05, 0) is 32.9 Å². The van der Waals surface area contributed by atoms with Crippen molar-refractivity contribution in [3.63, 3.8) is 0 Å². The number of ether oxygens (including phenoxy) is 1. The molecular weight excluding hydrogens is 268 g/mol. The fourth-order valence-electron chi connectivity index (χ4n) is 2.00. The second kappa shape index (κ2) is 6.73. The molecule has 0 aromatic rings. The van der Waals surface area contributed by atoms with Gasteiger partial charge in [-0.1, -0.05) is 12.2 Å². The molecule has 0 aromatic carbocycles. The van der Waals surface area contributed by atoms with Crippen LogP contribution in [0.1, 0.15) is 26.7 Å². The summed E-state index contributed by atoms with van der Waals surface area (Å²) in [7, 11) is 0. The predicted molar refractivity (Wildman–Crippen MR) is 79.9 cm³/mol. The number of carbonyl (C=O) groups excluding carboxylic acids is 1. The third-order valence-electron chi connectivity index (χ3n) is 3.30. The number of nitrogens with zero attached hydrogens (tertiary/aromatic N) is 1. The van der Waals surface area contributed by atoms with E-state index in [1.807, 2.05) is 25.0 Å². The summed E-state index contributed by atoms with van der Waals surface area (Å²) in [6.45, 7) is 5.43. The van der Waals surface area contributed by atoms with E-state index in [-0.39, 0.29) is 23.4 Å². The first-order valence-corrected chi connectivity index (χ1v) is 7.79. The summed E-state index contributed by atoms with van der Waals surface area (Å²) in [6, 6.07) is 0. The molecule has 0 saturated carbocycles. The number of carbonyl (C=O) groups is 1. The third-order valence-corrected chi connectivity index (χ3v) is 5.23. The quantitative estimate of drug-likeness (QED) is 0.776. The molecular formula is C12H22N2O2S2. The van der Waals surface area contributed by atoms with Crippen LogP contribution in [0.5, 0.6) is 0 Å². The van der Waals surface area contributed by atoms with Gasteiger partial charge in [0.05, 0.1) is 15.8 Å². The fourth-order valence-corrected chi connectivity index (χ4v) is 3.24. The van der Waals surface area contributed by atoms with Crippen LogP contribution < -0.4 is 5.73 Å². The molecule has 1 aliphatic rings. The SMILES string of the molecule is CSC1(C(N)=S)CCN(C(=O)COC(C)C)CC1. The van der Waals surface area contributed by atoms with Crippen LogP contribution in [0.3, 0.4) is 0 Å². The summed E-state index contributed by atoms with van der Waals surface area (Å²) in [5.74, 6) is 0.0568. The number of hydrogen-bond acceptors (Lipinski definition) is 4. The van der Waals surface area contributed by atoms with Crippen molar-refractivity contribution in [3.05, 3.63) is 0 Å². The summed E-state index contributed by atoms with van der Waals surface area (Å²) in [4.78, 5) is 14.3. The Hall–Kier alpha value is -0.330. The van der Waals surface area contributed by atoms with E-state index in [0.717, 1.165) is 12.8 Å². The molecule has 0 aromatic heterocycles. The molecule has 0 unspecified atom stereocenters. The smallest absolute Gasteiger partial charge is 0.248 e. The van der Waals surface area contributed by atoms with Crippen molar-refractivity contribution in [1.82, 2.24) is 4.90 Å². The van der Waals surface area contributed by atoms with Gasteiger partial charge in [0.15, 0.2) is 0 Å². The zero-order chi connectivity index (χ0) is 13.8. The van der Waals surface area contributed by atoms with E-state index in [2.05, 4.69) is 0 Å². The van der Waals surface area contributed by atoms with Crippen LogP contribution in [0.15, 0.2) is 0 Å². The molecule has 1 rings (SSSR count). The van der Waals surface area contributed by atoms with Crippen LogP contribution in [0.2, 0.25) is 0 Å². The maximum absolute atomic E-state index is 11.9. The highest BCUT2D eigenvalue weighted by atomic mass is 32.2. The van der Waals surface area contributed by atoms with E-state index < -0.39 is 0 Å². The van der Waals surface area contributed by atoms with Crippen LogP contribution in [-0.2, 0) is 9.53 Å². The molecule has 6 heteroatoms. The zero-order valence-electron chi connectivity index (χ0n) is 11.3. The number of rotatable bonds is 5. The highest BCUT2D eigenvalue weighted by Gasteiger charge is 2.37. The average molecular weight is 290 g/mol. The highest BCUT2D eigenvalue weighted by Crippen LogP contribution is 2.34. The summed E-state index contributed by atoms with van der Waals surface area (Å²) in [5, 5.41) is 0. The number of nitrogens with two attached hydrogens (primary N) is 1. The molecule has 0 bridgehead atoms. The molecule has 1 amide bonds. The Kier molecular flexibility index (Phi) is 5.88. The predicted octanol–water partition coefficient (Wildman–Crippen LogP) is 1.42. The summed E-state index contributed by atoms with van der Waals surface area (Å²) >= 11 is 6.84. The van der Waals surface area contributed by atoms with Gasteiger partial charge in [-0.15, -0.1) is 0 Å². The normalized spacial score (nSPS) is 19.0. The summed E-state index contributed by atoms with van der Waals surface area (Å²) in [5.41, 5.74) is 5.82. The van der Waals surface area contributed by atoms with Crippen molar-refractivity contribution >= 4 is 34.9 Å². The van der Waals surface area contributed by atoms with Gasteiger partial charge in [0.1, 0.15) is 6.61 Å². The number of hydrogen-bond donors (Lipinski definition) is 1. The van der Waals surface area contributed by atoms with Gasteiger partial charge in [-0.3, -0.25) is 4.79 Å². The van der Waals surface area contributed by atoms with Crippen molar-refractivity contribution in [1.29, 1.82) is 0 Å². The van der Waals surface area contributed by atoms with E-state index in [4.69, 9.17) is 22.7 Å². The molecule has 0 atom stereocenters. The first kappa shape index (κ1) is 15.7. The maximum Gasteiger partial charge on any atom is 0.248 e. The van der Waals surface area contributed by atoms with Gasteiger partial charge < -0.3 is 15.4 Å². The highest BCUT2D eigenvalue weighted by molar-refractivity contribution is 8.02. The lowest BCUT2D eigenvalue weighted by atomic mass is 9.95. The van der Waals surface area contributed by atoms with E-state index in [1.165, 1.54) is 0 Å². The van der Waals surface area contributed by atoms with Gasteiger partial charge >= 0.3 is 0 Å². The van der Waals surface area contributed by atoms with E-state index in [0.29, 0.717) is 18.1 Å². The lowest BCUT2D eigenvalue weighted by Crippen LogP contribution is -2.51. The second-order valence-corrected chi connectivity index (χ2v) is 6.43. The lowest BCUT2D eigenvalue weighted by Gasteiger charge is -2.40. The Balaban J connectivity index is 2.48. The molecule has 1 aliphatic heterocycles. The van der Waals surface area contributed by atoms with Gasteiger partial charge in [0, 0.05) is 13.1 Å². The van der Waals surface area contributed by atoms with Crippen molar-refractivity contribution < 1.29 is 9.53 Å². The molecule has 0 aliphatic carbocycles. The Labute approximate surface area is 119 Å². The minimum absolute atomic E-state index is 0.0568. The van der Waals surface area contributed by atoms with Crippen molar-refractivity contribution in [3.8, 4) is 0 Å². The maximum atomic E-state index is 11.9. The fraction of sp³-hybridized carbons (Fsp3) is 0.833. The topological polar surface area (TPSA) is 55.6 Å². The Morgan fingerprint density at radius 1 is 1.50 bits per heavy atom. The Morgan fingerprint density at radius 2 is 2.06 bits per heavy atom. The van der Waals surface area contributed by atoms with Gasteiger partial charge in [-0.2, -0.15) is 11.8 Å². The van der Waals surface area contributed by atoms with Crippen molar-refractivity contribution in [2.24, 2.45) is 5.73 Å². The second-order valence-electron chi connectivity index (χ2n) is 4.80. The van der Waals surface area contributed by atoms with Crippen molar-refractivity contribution in [2.45, 2.75) is 37.5 Å². The first-order chi connectivity index (χ1) is 8.41. The molecule has 0 spiro atoms. The van der Waals surface area contributed by atoms with Gasteiger partial charge in [0.25, 0.3) is 0 Å². The van der Waals surface area contributed by atoms with Gasteiger partial charge in [-0.25, -0.2) is 0 Å². The summed E-state index contributed by atoms with van der Waals surface area (Å²) < 4.78 is 5.20. The van der Waals surface area contributed by atoms with Crippen LogP contribution in [0.4, 0.5) is 0 Å². The summed E-state index contributed by atoms with van der Waals surface area (Å²) in [6.07, 6.45) is 3.77. The third kappa shape index (κ3) is 3.83. The van der Waals surface area contributed by atoms with E-state index in [1.54, 1.807) is 11.8 Å². The van der Waals surface area contributed by atoms with Crippen LogP contribution in [0.25, 0.3) is 0 Å². The van der Waals surface area contributed by atoms with Crippen LogP contribution in [-0.4, -0.2) is 52.6 Å². The van der Waals surface area contributed by atoms with E-state index in [9.17, 15) is 4.79 Å². The minimum atomic E-state index is -0.134. The molecule has 18 heavy (non-hydrogen) atoms. The number of thiocarbonyl (C=S) groups is 1. The first-order valence-electron chi connectivity index (χ1n) is 6.16. The standard InChI is InChI=1S/C12H22N2O2S2/c1-9(2)16-8-10(15)14-6-4-12(18-3,5-7-14)11(13)17/h9H,4-8H2,1-3H3,(H2,13,17). The number of piperidine rings is 1. The van der Waals surface area contributed by atoms with Crippen molar-refractivity contribution in [2.75, 3.05) is 26.0 Å². The van der Waals surface area contributed by atoms with Crippen LogP contribution >= 0.6 is 24.0 Å². The lowest BCUT2D eigenvalue weighted by molar-refractivity contribution is -0.138.